The summed E-state index contributed by atoms with van der Waals surface area (Å²) < 4.78 is 14.9. The molecule has 3 heterocycles. The minimum absolute atomic E-state index is 0.282. The number of guanidine groups is 1. The molecule has 0 bridgehead atoms. The molecule has 1 fully saturated rings. The Bertz CT molecular complexity index is 1200. The van der Waals surface area contributed by atoms with E-state index < -0.39 is 30.0 Å². The van der Waals surface area contributed by atoms with Crippen molar-refractivity contribution in [3.8, 4) is 0 Å². The maximum Gasteiger partial charge on any atom is 0.328 e. The molecule has 0 spiro atoms. The topological polar surface area (TPSA) is 76.5 Å². The lowest BCUT2D eigenvalue weighted by Crippen LogP contribution is -2.64. The Morgan fingerprint density at radius 3 is 2.44 bits per heavy atom. The van der Waals surface area contributed by atoms with Gasteiger partial charge < -0.3 is 4.90 Å². The van der Waals surface area contributed by atoms with Gasteiger partial charge in [0, 0.05) is 18.8 Å². The standard InChI is InChI=1S/C23H20FN5O3/c1-14(30)12-28-21(31)19-20(26(2)23(28)32)25-22-27(19)13-18(15-8-4-3-5-9-15)29(22)17-11-7-6-10-16(17)24/h3-11,13,19-20H,12H2,1-2H3. The molecule has 3 amide bonds. The van der Waals surface area contributed by atoms with Gasteiger partial charge in [-0.05, 0) is 19.1 Å². The fourth-order valence-corrected chi connectivity index (χ4v) is 4.29. The Morgan fingerprint density at radius 1 is 1.06 bits per heavy atom. The molecule has 0 saturated carbocycles. The van der Waals surface area contributed by atoms with Crippen molar-refractivity contribution in [1.82, 2.24) is 14.7 Å². The van der Waals surface area contributed by atoms with E-state index in [0.717, 1.165) is 10.5 Å². The van der Waals surface area contributed by atoms with Crippen molar-refractivity contribution >= 4 is 35.1 Å². The number of para-hydroxylation sites is 1. The summed E-state index contributed by atoms with van der Waals surface area (Å²) in [6.07, 6.45) is 0.967. The van der Waals surface area contributed by atoms with Gasteiger partial charge in [-0.25, -0.2) is 14.2 Å². The highest BCUT2D eigenvalue weighted by molar-refractivity contribution is 6.16. The molecule has 8 nitrogen and oxygen atoms in total. The molecule has 3 aliphatic heterocycles. The Labute approximate surface area is 183 Å². The molecule has 2 unspecified atom stereocenters. The normalized spacial score (nSPS) is 22.1. The fourth-order valence-electron chi connectivity index (χ4n) is 4.29. The van der Waals surface area contributed by atoms with Crippen LogP contribution >= 0.6 is 0 Å². The second-order valence-electron chi connectivity index (χ2n) is 7.88. The summed E-state index contributed by atoms with van der Waals surface area (Å²) in [7, 11) is 1.54. The van der Waals surface area contributed by atoms with Gasteiger partial charge in [-0.1, -0.05) is 42.5 Å². The molecule has 3 aliphatic rings. The SMILES string of the molecule is CC(=O)CN1C(=O)C2C(N=C3N(c4ccccc4F)C(c4ccccc4)=CN32)N(C)C1=O. The Kier molecular flexibility index (Phi) is 4.54. The van der Waals surface area contributed by atoms with Gasteiger partial charge in [-0.3, -0.25) is 24.3 Å². The van der Waals surface area contributed by atoms with E-state index in [1.807, 2.05) is 30.3 Å². The average Bonchev–Trinajstić information content (AvgIpc) is 3.32. The Hall–Kier alpha value is -4.01. The molecule has 0 aromatic heterocycles. The number of hydrogen-bond acceptors (Lipinski definition) is 6. The summed E-state index contributed by atoms with van der Waals surface area (Å²) in [4.78, 5) is 48.0. The van der Waals surface area contributed by atoms with Crippen LogP contribution in [0.3, 0.4) is 0 Å². The van der Waals surface area contributed by atoms with Crippen LogP contribution in [0.5, 0.6) is 0 Å². The predicted molar refractivity (Wildman–Crippen MR) is 116 cm³/mol. The predicted octanol–water partition coefficient (Wildman–Crippen LogP) is 2.49. The number of anilines is 1. The van der Waals surface area contributed by atoms with Crippen molar-refractivity contribution in [3.05, 3.63) is 72.2 Å². The van der Waals surface area contributed by atoms with E-state index in [1.54, 1.807) is 41.2 Å². The third-order valence-corrected chi connectivity index (χ3v) is 5.76. The highest BCUT2D eigenvalue weighted by atomic mass is 19.1. The largest absolute Gasteiger partial charge is 0.328 e. The lowest BCUT2D eigenvalue weighted by Gasteiger charge is -2.39. The molecule has 0 N–H and O–H groups in total. The van der Waals surface area contributed by atoms with Crippen molar-refractivity contribution < 1.29 is 18.8 Å². The maximum absolute atomic E-state index is 14.9. The van der Waals surface area contributed by atoms with Crippen LogP contribution in [0, 0.1) is 5.82 Å². The summed E-state index contributed by atoms with van der Waals surface area (Å²) in [5, 5.41) is 0. The van der Waals surface area contributed by atoms with Gasteiger partial charge >= 0.3 is 6.03 Å². The second kappa shape index (κ2) is 7.30. The Morgan fingerprint density at radius 2 is 1.75 bits per heavy atom. The number of imide groups is 1. The van der Waals surface area contributed by atoms with E-state index in [4.69, 9.17) is 0 Å². The first-order valence-electron chi connectivity index (χ1n) is 10.1. The Balaban J connectivity index is 1.63. The summed E-state index contributed by atoms with van der Waals surface area (Å²) in [6, 6.07) is 14.3. The van der Waals surface area contributed by atoms with E-state index in [1.165, 1.54) is 17.9 Å². The summed E-state index contributed by atoms with van der Waals surface area (Å²) in [6.45, 7) is 1.02. The smallest absolute Gasteiger partial charge is 0.302 e. The first kappa shape index (κ1) is 19.9. The van der Waals surface area contributed by atoms with E-state index in [9.17, 15) is 18.8 Å². The molecule has 32 heavy (non-hydrogen) atoms. The maximum atomic E-state index is 14.9. The van der Waals surface area contributed by atoms with Crippen molar-refractivity contribution in [2.75, 3.05) is 18.5 Å². The first-order valence-corrected chi connectivity index (χ1v) is 10.1. The van der Waals surface area contributed by atoms with E-state index in [0.29, 0.717) is 11.7 Å². The number of carbonyl (C=O) groups excluding carboxylic acids is 3. The number of ketones is 1. The molecule has 162 valence electrons. The first-order chi connectivity index (χ1) is 15.4. The van der Waals surface area contributed by atoms with Crippen molar-refractivity contribution in [2.24, 2.45) is 4.99 Å². The lowest BCUT2D eigenvalue weighted by molar-refractivity contribution is -0.139. The number of likely N-dealkylation sites (N-methyl/N-ethyl adjacent to an activating group) is 1. The third kappa shape index (κ3) is 2.89. The van der Waals surface area contributed by atoms with Gasteiger partial charge in [0.05, 0.1) is 17.9 Å². The molecule has 1 saturated heterocycles. The molecule has 2 atom stereocenters. The number of hydrogen-bond donors (Lipinski definition) is 0. The number of amides is 3. The van der Waals surface area contributed by atoms with Crippen LogP contribution in [0.4, 0.5) is 14.9 Å². The average molecular weight is 433 g/mol. The number of aliphatic imine (C=N–C) groups is 1. The highest BCUT2D eigenvalue weighted by Gasteiger charge is 2.55. The molecule has 2 aromatic carbocycles. The number of carbonyl (C=O) groups is 3. The zero-order chi connectivity index (χ0) is 22.6. The fraction of sp³-hybridized carbons (Fsp3) is 0.217. The van der Waals surface area contributed by atoms with Crippen LogP contribution in [-0.4, -0.2) is 64.2 Å². The van der Waals surface area contributed by atoms with Gasteiger partial charge in [0.15, 0.2) is 12.2 Å². The number of fused-ring (bicyclic) bond motifs is 3. The number of nitrogens with zero attached hydrogens (tertiary/aromatic N) is 5. The van der Waals surface area contributed by atoms with Crippen molar-refractivity contribution in [2.45, 2.75) is 19.1 Å². The molecule has 2 aromatic rings. The van der Waals surface area contributed by atoms with Crippen LogP contribution in [0.25, 0.3) is 5.70 Å². The van der Waals surface area contributed by atoms with E-state index in [-0.39, 0.29) is 18.0 Å². The minimum atomic E-state index is -0.845. The zero-order valence-electron chi connectivity index (χ0n) is 17.5. The van der Waals surface area contributed by atoms with Gasteiger partial charge in [0.1, 0.15) is 11.6 Å². The lowest BCUT2D eigenvalue weighted by atomic mass is 10.1. The number of halogens is 1. The second-order valence-corrected chi connectivity index (χ2v) is 7.88. The molecule has 0 aliphatic carbocycles. The van der Waals surface area contributed by atoms with Crippen LogP contribution in [0.2, 0.25) is 0 Å². The van der Waals surface area contributed by atoms with Crippen molar-refractivity contribution in [3.63, 3.8) is 0 Å². The quantitative estimate of drug-likeness (QED) is 0.741. The number of benzene rings is 2. The molecular formula is C23H20FN5O3. The number of urea groups is 1. The van der Waals surface area contributed by atoms with Gasteiger partial charge in [-0.2, -0.15) is 0 Å². The van der Waals surface area contributed by atoms with Gasteiger partial charge in [0.25, 0.3) is 5.91 Å². The summed E-state index contributed by atoms with van der Waals surface area (Å²) in [5.74, 6) is -0.900. The number of rotatable bonds is 4. The monoisotopic (exact) mass is 433 g/mol. The number of Topliss-reactive ketones (excluding diaryl/α,β-unsaturated/α-hetero) is 1. The van der Waals surface area contributed by atoms with E-state index >= 15 is 0 Å². The molecule has 9 heteroatoms. The van der Waals surface area contributed by atoms with E-state index in [2.05, 4.69) is 4.99 Å². The highest BCUT2D eigenvalue weighted by Crippen LogP contribution is 2.40. The molecule has 5 rings (SSSR count). The zero-order valence-corrected chi connectivity index (χ0v) is 17.5. The van der Waals surface area contributed by atoms with Crippen molar-refractivity contribution in [1.29, 1.82) is 0 Å². The van der Waals surface area contributed by atoms with Crippen LogP contribution in [-0.2, 0) is 9.59 Å². The minimum Gasteiger partial charge on any atom is -0.302 e. The third-order valence-electron chi connectivity index (χ3n) is 5.76. The van der Waals surface area contributed by atoms with Crippen LogP contribution in [0.15, 0.2) is 65.8 Å². The van der Waals surface area contributed by atoms with Gasteiger partial charge in [-0.15, -0.1) is 0 Å². The molecule has 0 radical (unpaired) electrons. The van der Waals surface area contributed by atoms with Crippen LogP contribution in [0.1, 0.15) is 12.5 Å². The van der Waals surface area contributed by atoms with Crippen LogP contribution < -0.4 is 4.90 Å². The molecular weight excluding hydrogens is 413 g/mol. The van der Waals surface area contributed by atoms with Gasteiger partial charge in [0.2, 0.25) is 5.96 Å². The summed E-state index contributed by atoms with van der Waals surface area (Å²) >= 11 is 0. The summed E-state index contributed by atoms with van der Waals surface area (Å²) in [5.41, 5.74) is 1.75.